The van der Waals surface area contributed by atoms with E-state index in [2.05, 4.69) is 11.8 Å². The Balaban J connectivity index is 1.78. The Morgan fingerprint density at radius 1 is 1.19 bits per heavy atom. The zero-order chi connectivity index (χ0) is 11.4. The highest BCUT2D eigenvalue weighted by Gasteiger charge is 2.26. The molecule has 2 N–H and O–H groups in total. The second-order valence-electron chi connectivity index (χ2n) is 5.53. The third-order valence-electron chi connectivity index (χ3n) is 3.91. The van der Waals surface area contributed by atoms with E-state index in [9.17, 15) is 0 Å². The van der Waals surface area contributed by atoms with Crippen LogP contribution >= 0.6 is 0 Å². The van der Waals surface area contributed by atoms with Crippen molar-refractivity contribution in [2.24, 2.45) is 11.7 Å². The minimum atomic E-state index is 0.257. The molecule has 1 aliphatic carbocycles. The lowest BCUT2D eigenvalue weighted by molar-refractivity contribution is -0.0763. The van der Waals surface area contributed by atoms with E-state index in [4.69, 9.17) is 10.5 Å². The van der Waals surface area contributed by atoms with Crippen molar-refractivity contribution in [3.8, 4) is 0 Å². The summed E-state index contributed by atoms with van der Waals surface area (Å²) in [5.74, 6) is 0.928. The second kappa shape index (κ2) is 5.99. The first-order valence-corrected chi connectivity index (χ1v) is 6.86. The summed E-state index contributed by atoms with van der Waals surface area (Å²) in [6.07, 6.45) is 7.79. The Bertz CT molecular complexity index is 204. The number of rotatable bonds is 3. The molecule has 2 fully saturated rings. The molecular weight excluding hydrogens is 200 g/mol. The zero-order valence-electron chi connectivity index (χ0n) is 10.5. The van der Waals surface area contributed by atoms with Gasteiger partial charge in [0.15, 0.2) is 0 Å². The van der Waals surface area contributed by atoms with Crippen LogP contribution in [0.4, 0.5) is 0 Å². The van der Waals surface area contributed by atoms with Crippen LogP contribution in [-0.2, 0) is 4.74 Å². The molecule has 94 valence electrons. The fourth-order valence-corrected chi connectivity index (χ4v) is 3.15. The summed E-state index contributed by atoms with van der Waals surface area (Å²) in [7, 11) is 0. The Labute approximate surface area is 99.3 Å². The van der Waals surface area contributed by atoms with Crippen LogP contribution in [0.25, 0.3) is 0 Å². The first-order chi connectivity index (χ1) is 7.78. The van der Waals surface area contributed by atoms with Gasteiger partial charge in [0.25, 0.3) is 0 Å². The number of hydrogen-bond acceptors (Lipinski definition) is 3. The van der Waals surface area contributed by atoms with E-state index < -0.39 is 0 Å². The molecule has 1 saturated carbocycles. The number of morpholine rings is 1. The van der Waals surface area contributed by atoms with E-state index in [0.29, 0.717) is 12.6 Å². The maximum atomic E-state index is 5.79. The predicted molar refractivity (Wildman–Crippen MR) is 66.4 cm³/mol. The molecular formula is C13H26N2O. The molecule has 0 aromatic rings. The van der Waals surface area contributed by atoms with Gasteiger partial charge in [-0.15, -0.1) is 0 Å². The first-order valence-electron chi connectivity index (χ1n) is 6.86. The Morgan fingerprint density at radius 2 is 1.94 bits per heavy atom. The van der Waals surface area contributed by atoms with Gasteiger partial charge < -0.3 is 10.5 Å². The lowest BCUT2D eigenvalue weighted by Crippen LogP contribution is -2.50. The maximum Gasteiger partial charge on any atom is 0.0828 e. The molecule has 0 radical (unpaired) electrons. The van der Waals surface area contributed by atoms with Gasteiger partial charge in [-0.1, -0.05) is 19.3 Å². The van der Waals surface area contributed by atoms with Gasteiger partial charge in [-0.05, 0) is 25.7 Å². The molecule has 2 aliphatic rings. The number of nitrogens with two attached hydrogens (primary N) is 1. The molecule has 3 nitrogen and oxygen atoms in total. The molecule has 1 saturated heterocycles. The topological polar surface area (TPSA) is 38.5 Å². The molecule has 1 heterocycles. The van der Waals surface area contributed by atoms with Crippen LogP contribution in [0.5, 0.6) is 0 Å². The van der Waals surface area contributed by atoms with Gasteiger partial charge in [0.1, 0.15) is 0 Å². The summed E-state index contributed by atoms with van der Waals surface area (Å²) in [6, 6.07) is 0. The van der Waals surface area contributed by atoms with E-state index in [1.807, 2.05) is 0 Å². The fraction of sp³-hybridized carbons (Fsp3) is 1.00. The summed E-state index contributed by atoms with van der Waals surface area (Å²) in [5.41, 5.74) is 5.71. The van der Waals surface area contributed by atoms with Gasteiger partial charge in [-0.3, -0.25) is 4.90 Å². The van der Waals surface area contributed by atoms with Crippen molar-refractivity contribution >= 4 is 0 Å². The van der Waals surface area contributed by atoms with E-state index >= 15 is 0 Å². The summed E-state index contributed by atoms with van der Waals surface area (Å²) < 4.78 is 5.79. The Morgan fingerprint density at radius 3 is 2.62 bits per heavy atom. The summed E-state index contributed by atoms with van der Waals surface area (Å²) in [5, 5.41) is 0. The molecule has 3 heteroatoms. The molecule has 0 bridgehead atoms. The second-order valence-corrected chi connectivity index (χ2v) is 5.53. The largest absolute Gasteiger partial charge is 0.371 e. The quantitative estimate of drug-likeness (QED) is 0.794. The molecule has 2 unspecified atom stereocenters. The van der Waals surface area contributed by atoms with Crippen molar-refractivity contribution in [3.05, 3.63) is 0 Å². The highest BCUT2D eigenvalue weighted by molar-refractivity contribution is 4.79. The highest BCUT2D eigenvalue weighted by Crippen LogP contribution is 2.25. The van der Waals surface area contributed by atoms with E-state index in [-0.39, 0.29) is 6.10 Å². The molecule has 0 aromatic carbocycles. The van der Waals surface area contributed by atoms with Crippen molar-refractivity contribution in [3.63, 3.8) is 0 Å². The van der Waals surface area contributed by atoms with Crippen LogP contribution in [0.3, 0.4) is 0 Å². The van der Waals surface area contributed by atoms with Crippen molar-refractivity contribution in [2.75, 3.05) is 26.2 Å². The van der Waals surface area contributed by atoms with Crippen LogP contribution in [0.1, 0.15) is 39.0 Å². The molecule has 1 aliphatic heterocycles. The van der Waals surface area contributed by atoms with E-state index in [0.717, 1.165) is 19.0 Å². The molecule has 16 heavy (non-hydrogen) atoms. The maximum absolute atomic E-state index is 5.79. The predicted octanol–water partition coefficient (Wildman–Crippen LogP) is 1.61. The molecule has 0 amide bonds. The molecule has 0 spiro atoms. The number of hydrogen-bond donors (Lipinski definition) is 1. The lowest BCUT2D eigenvalue weighted by Gasteiger charge is -2.38. The summed E-state index contributed by atoms with van der Waals surface area (Å²) >= 11 is 0. The molecule has 2 rings (SSSR count). The zero-order valence-corrected chi connectivity index (χ0v) is 10.5. The summed E-state index contributed by atoms with van der Waals surface area (Å²) in [4.78, 5) is 2.57. The number of nitrogens with zero attached hydrogens (tertiary/aromatic N) is 1. The van der Waals surface area contributed by atoms with Gasteiger partial charge in [0.05, 0.1) is 12.2 Å². The van der Waals surface area contributed by atoms with Crippen LogP contribution in [0, 0.1) is 5.92 Å². The average molecular weight is 226 g/mol. The fourth-order valence-electron chi connectivity index (χ4n) is 3.15. The van der Waals surface area contributed by atoms with Crippen LogP contribution in [0.2, 0.25) is 0 Å². The van der Waals surface area contributed by atoms with Gasteiger partial charge in [0, 0.05) is 26.2 Å². The molecule has 2 atom stereocenters. The lowest BCUT2D eigenvalue weighted by atomic mass is 9.88. The molecule has 0 aromatic heterocycles. The van der Waals surface area contributed by atoms with Crippen molar-refractivity contribution in [2.45, 2.75) is 51.2 Å². The normalized spacial score (nSPS) is 34.1. The Kier molecular flexibility index (Phi) is 4.62. The minimum absolute atomic E-state index is 0.257. The third-order valence-corrected chi connectivity index (χ3v) is 3.91. The van der Waals surface area contributed by atoms with Crippen molar-refractivity contribution in [1.82, 2.24) is 4.90 Å². The van der Waals surface area contributed by atoms with Crippen molar-refractivity contribution < 1.29 is 4.74 Å². The smallest absolute Gasteiger partial charge is 0.0828 e. The van der Waals surface area contributed by atoms with Crippen LogP contribution in [0.15, 0.2) is 0 Å². The first kappa shape index (κ1) is 12.3. The van der Waals surface area contributed by atoms with Gasteiger partial charge in [-0.2, -0.15) is 0 Å². The minimum Gasteiger partial charge on any atom is -0.371 e. The van der Waals surface area contributed by atoms with Gasteiger partial charge in [-0.25, -0.2) is 0 Å². The van der Waals surface area contributed by atoms with Gasteiger partial charge >= 0.3 is 0 Å². The third kappa shape index (κ3) is 3.44. The van der Waals surface area contributed by atoms with E-state index in [1.165, 1.54) is 38.6 Å². The van der Waals surface area contributed by atoms with E-state index in [1.54, 1.807) is 0 Å². The number of ether oxygens (including phenoxy) is 1. The average Bonchev–Trinajstić information content (AvgIpc) is 2.29. The highest BCUT2D eigenvalue weighted by atomic mass is 16.5. The van der Waals surface area contributed by atoms with Crippen LogP contribution < -0.4 is 5.73 Å². The SMILES string of the molecule is CC1CN(CC2CCCCC2)CC(CN)O1. The van der Waals surface area contributed by atoms with Gasteiger partial charge in [0.2, 0.25) is 0 Å². The monoisotopic (exact) mass is 226 g/mol. The van der Waals surface area contributed by atoms with Crippen LogP contribution in [-0.4, -0.2) is 43.3 Å². The van der Waals surface area contributed by atoms with Crippen molar-refractivity contribution in [1.29, 1.82) is 0 Å². The summed E-state index contributed by atoms with van der Waals surface area (Å²) in [6.45, 7) is 6.22. The standard InChI is InChI=1S/C13H26N2O/c1-11-8-15(10-13(7-14)16-11)9-12-5-3-2-4-6-12/h11-13H,2-10,14H2,1H3. The Hall–Kier alpha value is -0.120.